The number of nitrogens with zero attached hydrogens (tertiary/aromatic N) is 1. The summed E-state index contributed by atoms with van der Waals surface area (Å²) in [6.07, 6.45) is 2.67. The molecule has 27 heavy (non-hydrogen) atoms. The van der Waals surface area contributed by atoms with Crippen LogP contribution < -0.4 is 25.4 Å². The van der Waals surface area contributed by atoms with Crippen LogP contribution in [0.15, 0.2) is 24.8 Å². The third kappa shape index (κ3) is 5.23. The summed E-state index contributed by atoms with van der Waals surface area (Å²) in [4.78, 5) is 2.19. The van der Waals surface area contributed by atoms with Crippen molar-refractivity contribution in [3.8, 4) is 11.5 Å². The van der Waals surface area contributed by atoms with Gasteiger partial charge in [0.2, 0.25) is 0 Å². The molecule has 0 saturated heterocycles. The molecule has 0 aliphatic carbocycles. The van der Waals surface area contributed by atoms with Crippen LogP contribution in [0, 0.1) is 0 Å². The Morgan fingerprint density at radius 1 is 1.22 bits per heavy atom. The molecule has 148 valence electrons. The van der Waals surface area contributed by atoms with Crippen LogP contribution in [-0.4, -0.2) is 55.5 Å². The minimum Gasteiger partial charge on any atom is -0.493 e. The molecular formula is C19H28N4O2S2. The third-order valence-electron chi connectivity index (χ3n) is 4.45. The maximum atomic E-state index is 5.62. The van der Waals surface area contributed by atoms with Crippen LogP contribution >= 0.6 is 24.4 Å². The molecule has 1 heterocycles. The molecule has 1 aliphatic rings. The number of benzene rings is 1. The highest BCUT2D eigenvalue weighted by Gasteiger charge is 2.30. The molecule has 8 heteroatoms. The van der Waals surface area contributed by atoms with Gasteiger partial charge >= 0.3 is 0 Å². The van der Waals surface area contributed by atoms with Crippen molar-refractivity contribution in [2.75, 3.05) is 40.4 Å². The Kier molecular flexibility index (Phi) is 8.12. The summed E-state index contributed by atoms with van der Waals surface area (Å²) in [6, 6.07) is 4.12. The van der Waals surface area contributed by atoms with E-state index in [-0.39, 0.29) is 6.04 Å². The van der Waals surface area contributed by atoms with E-state index in [1.165, 1.54) is 5.56 Å². The first-order valence-corrected chi connectivity index (χ1v) is 9.79. The summed E-state index contributed by atoms with van der Waals surface area (Å²) >= 11 is 11.0. The predicted octanol–water partition coefficient (Wildman–Crippen LogP) is 2.15. The van der Waals surface area contributed by atoms with Crippen molar-refractivity contribution < 1.29 is 9.47 Å². The monoisotopic (exact) mass is 408 g/mol. The molecule has 0 aromatic heterocycles. The summed E-state index contributed by atoms with van der Waals surface area (Å²) in [5, 5.41) is 11.0. The lowest BCUT2D eigenvalue weighted by molar-refractivity contribution is 0.290. The molecule has 0 unspecified atom stereocenters. The lowest BCUT2D eigenvalue weighted by Gasteiger charge is -2.39. The number of rotatable bonds is 7. The first-order valence-electron chi connectivity index (χ1n) is 8.97. The van der Waals surface area contributed by atoms with Gasteiger partial charge in [-0.15, -0.1) is 6.58 Å². The van der Waals surface area contributed by atoms with E-state index in [1.807, 2.05) is 13.0 Å². The quantitative estimate of drug-likeness (QED) is 0.469. The lowest BCUT2D eigenvalue weighted by atomic mass is 9.92. The fraction of sp³-hybridized carbons (Fsp3) is 0.474. The van der Waals surface area contributed by atoms with Crippen LogP contribution in [0.5, 0.6) is 11.5 Å². The molecule has 1 aliphatic heterocycles. The second-order valence-corrected chi connectivity index (χ2v) is 6.88. The molecule has 3 N–H and O–H groups in total. The van der Waals surface area contributed by atoms with Crippen LogP contribution in [0.3, 0.4) is 0 Å². The molecule has 6 nitrogen and oxygen atoms in total. The molecule has 1 aromatic carbocycles. The standard InChI is InChI=1S/C19H28N4O2S2/c1-5-8-21-19(27)23-9-7-13-10-16(24-3)17(25-4)11-14(13)15(23)12-22-18(26)20-6-2/h5,10-11,15H,1,6-9,12H2,2-4H3,(H,21,27)(H2,20,22,26)/t15-/m0/s1. The maximum absolute atomic E-state index is 5.62. The number of fused-ring (bicyclic) bond motifs is 1. The average molecular weight is 409 g/mol. The zero-order valence-electron chi connectivity index (χ0n) is 16.1. The summed E-state index contributed by atoms with van der Waals surface area (Å²) < 4.78 is 11.0. The van der Waals surface area contributed by atoms with E-state index in [4.69, 9.17) is 33.9 Å². The van der Waals surface area contributed by atoms with E-state index in [2.05, 4.69) is 33.5 Å². The Morgan fingerprint density at radius 2 is 1.93 bits per heavy atom. The molecule has 0 fully saturated rings. The van der Waals surface area contributed by atoms with Crippen molar-refractivity contribution in [3.63, 3.8) is 0 Å². The molecule has 2 rings (SSSR count). The highest BCUT2D eigenvalue weighted by atomic mass is 32.1. The van der Waals surface area contributed by atoms with Gasteiger partial charge < -0.3 is 30.3 Å². The van der Waals surface area contributed by atoms with Crippen LogP contribution in [0.2, 0.25) is 0 Å². The lowest BCUT2D eigenvalue weighted by Crippen LogP contribution is -2.50. The van der Waals surface area contributed by atoms with Crippen LogP contribution in [0.1, 0.15) is 24.1 Å². The molecule has 1 atom stereocenters. The van der Waals surface area contributed by atoms with Crippen LogP contribution in [0.25, 0.3) is 0 Å². The van der Waals surface area contributed by atoms with Gasteiger partial charge in [-0.25, -0.2) is 0 Å². The summed E-state index contributed by atoms with van der Waals surface area (Å²) in [6.45, 7) is 8.61. The Bertz CT molecular complexity index is 697. The predicted molar refractivity (Wildman–Crippen MR) is 118 cm³/mol. The number of hydrogen-bond donors (Lipinski definition) is 3. The minimum atomic E-state index is 0.0231. The van der Waals surface area contributed by atoms with Gasteiger partial charge in [0.25, 0.3) is 0 Å². The zero-order chi connectivity index (χ0) is 19.8. The van der Waals surface area contributed by atoms with Crippen molar-refractivity contribution in [3.05, 3.63) is 35.9 Å². The van der Waals surface area contributed by atoms with Gasteiger partial charge in [0.05, 0.1) is 20.3 Å². The van der Waals surface area contributed by atoms with Gasteiger partial charge in [0, 0.05) is 26.2 Å². The van der Waals surface area contributed by atoms with Gasteiger partial charge in [-0.05, 0) is 61.0 Å². The normalized spacial score (nSPS) is 15.4. The number of methoxy groups -OCH3 is 2. The van der Waals surface area contributed by atoms with E-state index in [0.29, 0.717) is 29.1 Å². The largest absolute Gasteiger partial charge is 0.493 e. The van der Waals surface area contributed by atoms with Crippen LogP contribution in [-0.2, 0) is 6.42 Å². The maximum Gasteiger partial charge on any atom is 0.169 e. The SMILES string of the molecule is C=CCNC(=S)N1CCc2cc(OC)c(OC)cc2[C@@H]1CNC(=S)NCC. The molecule has 0 spiro atoms. The van der Waals surface area contributed by atoms with Crippen LogP contribution in [0.4, 0.5) is 0 Å². The first-order chi connectivity index (χ1) is 13.0. The van der Waals surface area contributed by atoms with E-state index in [0.717, 1.165) is 30.8 Å². The van der Waals surface area contributed by atoms with E-state index < -0.39 is 0 Å². The summed E-state index contributed by atoms with van der Waals surface area (Å²) in [5.74, 6) is 1.45. The number of thiocarbonyl (C=S) groups is 2. The van der Waals surface area contributed by atoms with Gasteiger partial charge in [-0.2, -0.15) is 0 Å². The van der Waals surface area contributed by atoms with Crippen molar-refractivity contribution in [2.24, 2.45) is 0 Å². The van der Waals surface area contributed by atoms with Crippen molar-refractivity contribution in [1.82, 2.24) is 20.9 Å². The summed E-state index contributed by atoms with van der Waals surface area (Å²) in [7, 11) is 3.30. The Morgan fingerprint density at radius 3 is 2.56 bits per heavy atom. The fourth-order valence-corrected chi connectivity index (χ4v) is 3.69. The minimum absolute atomic E-state index is 0.0231. The van der Waals surface area contributed by atoms with Crippen molar-refractivity contribution >= 4 is 34.7 Å². The van der Waals surface area contributed by atoms with Gasteiger partial charge in [0.15, 0.2) is 21.7 Å². The van der Waals surface area contributed by atoms with Gasteiger partial charge in [-0.1, -0.05) is 6.08 Å². The molecule has 0 saturated carbocycles. The number of ether oxygens (including phenoxy) is 2. The third-order valence-corrected chi connectivity index (χ3v) is 5.12. The van der Waals surface area contributed by atoms with Gasteiger partial charge in [-0.3, -0.25) is 0 Å². The summed E-state index contributed by atoms with van der Waals surface area (Å²) in [5.41, 5.74) is 2.39. The topological polar surface area (TPSA) is 57.8 Å². The number of hydrogen-bond acceptors (Lipinski definition) is 4. The Hall–Kier alpha value is -2.06. The fourth-order valence-electron chi connectivity index (χ4n) is 3.16. The highest BCUT2D eigenvalue weighted by molar-refractivity contribution is 7.80. The highest BCUT2D eigenvalue weighted by Crippen LogP contribution is 2.37. The second kappa shape index (κ2) is 10.3. The van der Waals surface area contributed by atoms with Gasteiger partial charge in [0.1, 0.15) is 0 Å². The zero-order valence-corrected chi connectivity index (χ0v) is 17.8. The Balaban J connectivity index is 2.34. The van der Waals surface area contributed by atoms with E-state index in [1.54, 1.807) is 20.3 Å². The van der Waals surface area contributed by atoms with Crippen molar-refractivity contribution in [1.29, 1.82) is 0 Å². The smallest absolute Gasteiger partial charge is 0.169 e. The van der Waals surface area contributed by atoms with E-state index in [9.17, 15) is 0 Å². The molecule has 0 radical (unpaired) electrons. The molecule has 1 aromatic rings. The average Bonchev–Trinajstić information content (AvgIpc) is 2.68. The molecular weight excluding hydrogens is 380 g/mol. The Labute approximate surface area is 172 Å². The molecule has 0 bridgehead atoms. The molecule has 0 amide bonds. The first kappa shape index (κ1) is 21.2. The second-order valence-electron chi connectivity index (χ2n) is 6.08. The number of nitrogens with one attached hydrogen (secondary N) is 3. The van der Waals surface area contributed by atoms with E-state index >= 15 is 0 Å². The van der Waals surface area contributed by atoms with Crippen molar-refractivity contribution in [2.45, 2.75) is 19.4 Å².